The van der Waals surface area contributed by atoms with Crippen molar-refractivity contribution in [3.8, 4) is 5.88 Å². The third-order valence-electron chi connectivity index (χ3n) is 8.17. The highest BCUT2D eigenvalue weighted by Crippen LogP contribution is 2.53. The smallest absolute Gasteiger partial charge is 0.326 e. The van der Waals surface area contributed by atoms with Gasteiger partial charge in [-0.1, -0.05) is 45.0 Å². The number of nitrogens with zero attached hydrogens (tertiary/aromatic N) is 2. The molecule has 2 aliphatic heterocycles. The summed E-state index contributed by atoms with van der Waals surface area (Å²) in [4.78, 5) is 33.1. The minimum absolute atomic E-state index is 0.156. The van der Waals surface area contributed by atoms with Crippen molar-refractivity contribution in [2.45, 2.75) is 83.3 Å². The molecule has 0 bridgehead atoms. The van der Waals surface area contributed by atoms with Crippen LogP contribution in [-0.4, -0.2) is 58.8 Å². The van der Waals surface area contributed by atoms with Crippen molar-refractivity contribution in [1.82, 2.24) is 9.88 Å². The molecule has 0 unspecified atom stereocenters. The molecule has 0 spiro atoms. The monoisotopic (exact) mass is 600 g/mol. The highest BCUT2D eigenvalue weighted by molar-refractivity contribution is 9.10. The molecule has 2 saturated heterocycles. The third-order valence-corrected chi connectivity index (χ3v) is 8.60. The molecular formula is C30H37BrN2O6. The molecule has 3 fully saturated rings. The maximum atomic E-state index is 14.1. The molecular weight excluding hydrogens is 564 g/mol. The van der Waals surface area contributed by atoms with E-state index in [-0.39, 0.29) is 12.5 Å². The minimum atomic E-state index is -1.06. The fraction of sp³-hybridized carbons (Fsp3) is 0.567. The molecule has 210 valence electrons. The average Bonchev–Trinajstić information content (AvgIpc) is 3.46. The van der Waals surface area contributed by atoms with Gasteiger partial charge in [0.05, 0.1) is 25.9 Å². The van der Waals surface area contributed by atoms with Crippen LogP contribution in [0.2, 0.25) is 0 Å². The van der Waals surface area contributed by atoms with Gasteiger partial charge in [0.1, 0.15) is 12.1 Å². The topological polar surface area (TPSA) is 98.2 Å². The Balaban J connectivity index is 1.64. The second-order valence-corrected chi connectivity index (χ2v) is 12.8. The van der Waals surface area contributed by atoms with Gasteiger partial charge in [0.25, 0.3) is 5.91 Å². The molecule has 39 heavy (non-hydrogen) atoms. The molecule has 1 saturated carbocycles. The van der Waals surface area contributed by atoms with E-state index in [1.807, 2.05) is 45.0 Å². The largest absolute Gasteiger partial charge is 0.481 e. The van der Waals surface area contributed by atoms with Gasteiger partial charge in [-0.25, -0.2) is 9.78 Å². The van der Waals surface area contributed by atoms with Crippen LogP contribution in [0.1, 0.15) is 75.1 Å². The van der Waals surface area contributed by atoms with Crippen LogP contribution >= 0.6 is 15.9 Å². The van der Waals surface area contributed by atoms with Gasteiger partial charge in [-0.15, -0.1) is 0 Å². The quantitative estimate of drug-likeness (QED) is 0.427. The molecule has 1 aromatic heterocycles. The molecule has 5 atom stereocenters. The van der Waals surface area contributed by atoms with Crippen molar-refractivity contribution in [1.29, 1.82) is 0 Å². The summed E-state index contributed by atoms with van der Waals surface area (Å²) in [6, 6.07) is 8.39. The number of carboxylic acids is 1. The van der Waals surface area contributed by atoms with Gasteiger partial charge in [-0.3, -0.25) is 4.79 Å². The summed E-state index contributed by atoms with van der Waals surface area (Å²) >= 11 is 3.48. The number of pyridine rings is 1. The number of rotatable bonds is 8. The number of carboxylic acid groups (broad SMARTS) is 1. The number of halogens is 1. The predicted molar refractivity (Wildman–Crippen MR) is 148 cm³/mol. The van der Waals surface area contributed by atoms with Crippen molar-refractivity contribution in [3.63, 3.8) is 0 Å². The van der Waals surface area contributed by atoms with E-state index in [1.54, 1.807) is 18.2 Å². The molecule has 1 aliphatic carbocycles. The van der Waals surface area contributed by atoms with E-state index in [2.05, 4.69) is 27.0 Å². The van der Waals surface area contributed by atoms with Gasteiger partial charge >= 0.3 is 5.97 Å². The molecule has 1 N–H and O–H groups in total. The Bertz CT molecular complexity index is 1220. The van der Waals surface area contributed by atoms with Crippen LogP contribution in [0.25, 0.3) is 0 Å². The Morgan fingerprint density at radius 2 is 1.90 bits per heavy atom. The standard InChI is InChI=1S/C30H37BrN2O6/c1-30(2,3)23-25(29(35)36)33(28(34)22-10-7-13-38-22)24(21-9-6-5-8-20(21)17-11-12-17)26(23)39-16-18-14-19(31)15-32-27(18)37-4/h5-6,8-9,14-15,17,22-26H,7,10-13,16H2,1-4H3,(H,35,36)/t22-,23+,24-,25-,26-/m0/s1. The van der Waals surface area contributed by atoms with Crippen LogP contribution in [-0.2, 0) is 25.7 Å². The lowest BCUT2D eigenvalue weighted by molar-refractivity contribution is -0.156. The lowest BCUT2D eigenvalue weighted by atomic mass is 9.73. The molecule has 8 nitrogen and oxygen atoms in total. The summed E-state index contributed by atoms with van der Waals surface area (Å²) in [7, 11) is 1.56. The number of hydrogen-bond donors (Lipinski definition) is 1. The maximum absolute atomic E-state index is 14.1. The Kier molecular flexibility index (Phi) is 8.04. The predicted octanol–water partition coefficient (Wildman–Crippen LogP) is 5.49. The summed E-state index contributed by atoms with van der Waals surface area (Å²) in [5, 5.41) is 10.7. The molecule has 1 amide bonds. The fourth-order valence-electron chi connectivity index (χ4n) is 6.34. The second kappa shape index (κ2) is 11.2. The first kappa shape index (κ1) is 28.1. The number of aromatic nitrogens is 1. The zero-order chi connectivity index (χ0) is 27.9. The van der Waals surface area contributed by atoms with E-state index in [1.165, 1.54) is 5.56 Å². The summed E-state index contributed by atoms with van der Waals surface area (Å²) in [6.45, 7) is 6.73. The molecule has 2 aromatic rings. The average molecular weight is 602 g/mol. The van der Waals surface area contributed by atoms with Gasteiger partial charge in [0.2, 0.25) is 5.88 Å². The number of benzene rings is 1. The SMILES string of the molecule is COc1ncc(Br)cc1CO[C@H]1[C@H](C(C)(C)C)[C@@H](C(=O)O)N(C(=O)[C@@H]2CCCO2)[C@H]1c1ccccc1C1CC1. The van der Waals surface area contributed by atoms with Crippen LogP contribution in [0.4, 0.5) is 0 Å². The summed E-state index contributed by atoms with van der Waals surface area (Å²) in [6.07, 6.45) is 3.97. The van der Waals surface area contributed by atoms with E-state index in [9.17, 15) is 14.7 Å². The van der Waals surface area contributed by atoms with E-state index < -0.39 is 41.6 Å². The lowest BCUT2D eigenvalue weighted by Gasteiger charge is -2.35. The van der Waals surface area contributed by atoms with E-state index in [0.29, 0.717) is 24.8 Å². The zero-order valence-corrected chi connectivity index (χ0v) is 24.5. The molecule has 0 radical (unpaired) electrons. The second-order valence-electron chi connectivity index (χ2n) is 11.9. The van der Waals surface area contributed by atoms with Crippen LogP contribution in [0.5, 0.6) is 5.88 Å². The van der Waals surface area contributed by atoms with E-state index in [4.69, 9.17) is 14.2 Å². The molecule has 3 heterocycles. The fourth-order valence-corrected chi connectivity index (χ4v) is 6.72. The van der Waals surface area contributed by atoms with E-state index >= 15 is 0 Å². The van der Waals surface area contributed by atoms with Gasteiger partial charge in [0.15, 0.2) is 0 Å². The molecule has 9 heteroatoms. The number of likely N-dealkylation sites (tertiary alicyclic amines) is 1. The first-order valence-corrected chi connectivity index (χ1v) is 14.5. The van der Waals surface area contributed by atoms with Crippen molar-refractivity contribution in [2.24, 2.45) is 11.3 Å². The molecule has 5 rings (SSSR count). The number of carbonyl (C=O) groups excluding carboxylic acids is 1. The number of carbonyl (C=O) groups is 2. The van der Waals surface area contributed by atoms with Crippen LogP contribution < -0.4 is 4.74 Å². The summed E-state index contributed by atoms with van der Waals surface area (Å²) in [5.74, 6) is -0.919. The first-order chi connectivity index (χ1) is 18.6. The van der Waals surface area contributed by atoms with Crippen LogP contribution in [0, 0.1) is 11.3 Å². The normalized spacial score (nSPS) is 27.1. The van der Waals surface area contributed by atoms with Crippen LogP contribution in [0.3, 0.4) is 0 Å². The summed E-state index contributed by atoms with van der Waals surface area (Å²) in [5.41, 5.74) is 2.39. The Morgan fingerprint density at radius 3 is 2.49 bits per heavy atom. The highest BCUT2D eigenvalue weighted by atomic mass is 79.9. The van der Waals surface area contributed by atoms with Gasteiger partial charge in [-0.05, 0) is 70.1 Å². The molecule has 3 aliphatic rings. The van der Waals surface area contributed by atoms with Gasteiger partial charge in [0, 0.05) is 28.8 Å². The highest BCUT2D eigenvalue weighted by Gasteiger charge is 2.60. The first-order valence-electron chi connectivity index (χ1n) is 13.7. The van der Waals surface area contributed by atoms with Crippen LogP contribution in [0.15, 0.2) is 41.0 Å². The number of ether oxygens (including phenoxy) is 3. The molecule has 1 aromatic carbocycles. The van der Waals surface area contributed by atoms with Gasteiger partial charge in [-0.2, -0.15) is 0 Å². The Morgan fingerprint density at radius 1 is 1.18 bits per heavy atom. The summed E-state index contributed by atoms with van der Waals surface area (Å²) < 4.78 is 18.8. The third kappa shape index (κ3) is 5.58. The minimum Gasteiger partial charge on any atom is -0.481 e. The van der Waals surface area contributed by atoms with Crippen molar-refractivity contribution >= 4 is 27.8 Å². The van der Waals surface area contributed by atoms with E-state index in [0.717, 1.165) is 34.9 Å². The maximum Gasteiger partial charge on any atom is 0.326 e. The van der Waals surface area contributed by atoms with Crippen molar-refractivity contribution in [3.05, 3.63) is 57.7 Å². The zero-order valence-electron chi connectivity index (χ0n) is 22.9. The van der Waals surface area contributed by atoms with Gasteiger partial charge < -0.3 is 24.2 Å². The number of methoxy groups -OCH3 is 1. The number of aliphatic carboxylic acids is 1. The lowest BCUT2D eigenvalue weighted by Crippen LogP contribution is -2.50. The number of hydrogen-bond acceptors (Lipinski definition) is 6. The number of amides is 1. The van der Waals surface area contributed by atoms with Crippen molar-refractivity contribution in [2.75, 3.05) is 13.7 Å². The Hall–Kier alpha value is -2.49. The Labute approximate surface area is 238 Å². The van der Waals surface area contributed by atoms with Crippen molar-refractivity contribution < 1.29 is 28.9 Å².